The van der Waals surface area contributed by atoms with Crippen LogP contribution in [0.15, 0.2) is 33.6 Å². The molecule has 0 radical (unpaired) electrons. The molecule has 2 aromatic rings. The lowest BCUT2D eigenvalue weighted by atomic mass is 9.96. The Morgan fingerprint density at radius 2 is 1.65 bits per heavy atom. The molecule has 0 saturated carbocycles. The number of sulfonamides is 1. The molecule has 2 aliphatic rings. The monoisotopic (exact) mass is 446 g/mol. The molecule has 0 N–H and O–H groups in total. The first kappa shape index (κ1) is 22.0. The van der Waals surface area contributed by atoms with Crippen LogP contribution in [0.1, 0.15) is 79.9 Å². The van der Waals surface area contributed by atoms with E-state index < -0.39 is 10.0 Å². The van der Waals surface area contributed by atoms with E-state index in [1.807, 2.05) is 18.7 Å². The highest BCUT2D eigenvalue weighted by Gasteiger charge is 2.29. The Morgan fingerprint density at radius 3 is 2.23 bits per heavy atom. The van der Waals surface area contributed by atoms with Crippen LogP contribution in [0.25, 0.3) is 0 Å². The summed E-state index contributed by atoms with van der Waals surface area (Å²) in [6.07, 6.45) is 4.41. The highest BCUT2D eigenvalue weighted by atomic mass is 32.2. The van der Waals surface area contributed by atoms with Gasteiger partial charge in [0.2, 0.25) is 21.8 Å². The van der Waals surface area contributed by atoms with Crippen molar-refractivity contribution in [1.82, 2.24) is 19.4 Å². The molecule has 0 atom stereocenters. The van der Waals surface area contributed by atoms with Crippen LogP contribution < -0.4 is 0 Å². The van der Waals surface area contributed by atoms with Crippen molar-refractivity contribution in [1.29, 1.82) is 0 Å². The number of aromatic nitrogens is 2. The molecule has 2 saturated heterocycles. The zero-order valence-electron chi connectivity index (χ0n) is 18.2. The molecule has 1 aromatic carbocycles. The molecule has 1 amide bonds. The molecule has 9 heteroatoms. The smallest absolute Gasteiger partial charge is 0.253 e. The molecular formula is C22H30N4O4S. The number of piperidine rings is 2. The average molecular weight is 447 g/mol. The zero-order chi connectivity index (χ0) is 22.0. The number of benzene rings is 1. The molecule has 8 nitrogen and oxygen atoms in total. The molecule has 2 fully saturated rings. The fourth-order valence-corrected chi connectivity index (χ4v) is 5.70. The predicted molar refractivity (Wildman–Crippen MR) is 115 cm³/mol. The molecule has 0 spiro atoms. The van der Waals surface area contributed by atoms with Crippen LogP contribution in [0.5, 0.6) is 0 Å². The highest BCUT2D eigenvalue weighted by Crippen LogP contribution is 2.29. The second-order valence-corrected chi connectivity index (χ2v) is 10.6. The van der Waals surface area contributed by atoms with Crippen molar-refractivity contribution in [3.63, 3.8) is 0 Å². The highest BCUT2D eigenvalue weighted by molar-refractivity contribution is 7.89. The van der Waals surface area contributed by atoms with Gasteiger partial charge in [0.15, 0.2) is 0 Å². The maximum Gasteiger partial charge on any atom is 0.253 e. The molecule has 168 valence electrons. The minimum Gasteiger partial charge on any atom is -0.425 e. The van der Waals surface area contributed by atoms with Gasteiger partial charge in [0.05, 0.1) is 4.90 Å². The van der Waals surface area contributed by atoms with Gasteiger partial charge in [-0.15, -0.1) is 10.2 Å². The minimum absolute atomic E-state index is 0.0752. The third-order valence-corrected chi connectivity index (χ3v) is 8.05. The molecule has 1 aromatic heterocycles. The number of rotatable bonds is 5. The van der Waals surface area contributed by atoms with Gasteiger partial charge in [-0.25, -0.2) is 8.42 Å². The third kappa shape index (κ3) is 4.67. The van der Waals surface area contributed by atoms with E-state index in [1.54, 1.807) is 28.6 Å². The number of amides is 1. The summed E-state index contributed by atoms with van der Waals surface area (Å²) in [5, 5.41) is 8.28. The first-order valence-electron chi connectivity index (χ1n) is 11.1. The van der Waals surface area contributed by atoms with Gasteiger partial charge in [0.1, 0.15) is 0 Å². The van der Waals surface area contributed by atoms with E-state index in [1.165, 1.54) is 0 Å². The van der Waals surface area contributed by atoms with Gasteiger partial charge >= 0.3 is 0 Å². The van der Waals surface area contributed by atoms with Gasteiger partial charge < -0.3 is 9.32 Å². The summed E-state index contributed by atoms with van der Waals surface area (Å²) in [7, 11) is -3.49. The van der Waals surface area contributed by atoms with Gasteiger partial charge in [-0.1, -0.05) is 20.3 Å². The number of carbonyl (C=O) groups excluding carboxylic acids is 1. The molecule has 2 aliphatic heterocycles. The lowest BCUT2D eigenvalue weighted by Gasteiger charge is -2.30. The molecule has 3 heterocycles. The first-order chi connectivity index (χ1) is 14.9. The molecule has 4 rings (SSSR count). The summed E-state index contributed by atoms with van der Waals surface area (Å²) in [5.74, 6) is 1.59. The number of nitrogens with zero attached hydrogens (tertiary/aromatic N) is 4. The Balaban J connectivity index is 1.37. The molecular weight excluding hydrogens is 416 g/mol. The SMILES string of the molecule is CC(C)c1nnc(C2CCN(C(=O)c3ccc(S(=O)(=O)N4CCCCC4)cc3)CC2)o1. The Hall–Kier alpha value is -2.26. The van der Waals surface area contributed by atoms with Crippen LogP contribution in [-0.4, -0.2) is 59.9 Å². The number of hydrogen-bond donors (Lipinski definition) is 0. The molecule has 0 bridgehead atoms. The van der Waals surface area contributed by atoms with E-state index in [2.05, 4.69) is 10.2 Å². The minimum atomic E-state index is -3.49. The van der Waals surface area contributed by atoms with Crippen molar-refractivity contribution in [2.24, 2.45) is 0 Å². The Bertz CT molecular complexity index is 1000. The second-order valence-electron chi connectivity index (χ2n) is 8.69. The van der Waals surface area contributed by atoms with Gasteiger partial charge in [-0.2, -0.15) is 4.31 Å². The lowest BCUT2D eigenvalue weighted by molar-refractivity contribution is 0.0705. The Morgan fingerprint density at radius 1 is 1.00 bits per heavy atom. The Kier molecular flexibility index (Phi) is 6.43. The second kappa shape index (κ2) is 9.08. The molecule has 0 aliphatic carbocycles. The fourth-order valence-electron chi connectivity index (χ4n) is 4.18. The summed E-state index contributed by atoms with van der Waals surface area (Å²) >= 11 is 0. The van der Waals surface area contributed by atoms with E-state index in [4.69, 9.17) is 4.42 Å². The molecule has 0 unspecified atom stereocenters. The zero-order valence-corrected chi connectivity index (χ0v) is 19.0. The van der Waals surface area contributed by atoms with Crippen molar-refractivity contribution < 1.29 is 17.6 Å². The summed E-state index contributed by atoms with van der Waals surface area (Å²) in [4.78, 5) is 15.0. The van der Waals surface area contributed by atoms with Crippen LogP contribution in [0.2, 0.25) is 0 Å². The van der Waals surface area contributed by atoms with E-state index >= 15 is 0 Å². The molecule has 31 heavy (non-hydrogen) atoms. The van der Waals surface area contributed by atoms with Crippen molar-refractivity contribution >= 4 is 15.9 Å². The summed E-state index contributed by atoms with van der Waals surface area (Å²) in [6.45, 7) is 6.38. The first-order valence-corrected chi connectivity index (χ1v) is 12.5. The van der Waals surface area contributed by atoms with Crippen molar-refractivity contribution in [2.75, 3.05) is 26.2 Å². The number of hydrogen-bond acceptors (Lipinski definition) is 6. The summed E-state index contributed by atoms with van der Waals surface area (Å²) in [5.41, 5.74) is 0.510. The fraction of sp³-hybridized carbons (Fsp3) is 0.591. The van der Waals surface area contributed by atoms with Crippen molar-refractivity contribution in [3.8, 4) is 0 Å². The van der Waals surface area contributed by atoms with E-state index in [-0.39, 0.29) is 22.6 Å². The van der Waals surface area contributed by atoms with Crippen LogP contribution in [0, 0.1) is 0 Å². The van der Waals surface area contributed by atoms with E-state index in [9.17, 15) is 13.2 Å². The third-order valence-electron chi connectivity index (χ3n) is 6.14. The average Bonchev–Trinajstić information content (AvgIpc) is 3.30. The maximum atomic E-state index is 12.9. The van der Waals surface area contributed by atoms with Crippen LogP contribution in [-0.2, 0) is 10.0 Å². The number of likely N-dealkylation sites (tertiary alicyclic amines) is 1. The quantitative estimate of drug-likeness (QED) is 0.698. The van der Waals surface area contributed by atoms with Crippen LogP contribution in [0.4, 0.5) is 0 Å². The van der Waals surface area contributed by atoms with Gasteiger partial charge in [0.25, 0.3) is 5.91 Å². The standard InChI is InChI=1S/C22H30N4O4S/c1-16(2)20-23-24-21(30-20)17-10-14-25(15-11-17)22(27)18-6-8-19(9-7-18)31(28,29)26-12-4-3-5-13-26/h6-9,16-17H,3-5,10-15H2,1-2H3. The number of carbonyl (C=O) groups is 1. The maximum absolute atomic E-state index is 12.9. The van der Waals surface area contributed by atoms with Crippen molar-refractivity contribution in [2.45, 2.75) is 62.7 Å². The van der Waals surface area contributed by atoms with Crippen molar-refractivity contribution in [3.05, 3.63) is 41.6 Å². The van der Waals surface area contributed by atoms with Crippen LogP contribution >= 0.6 is 0 Å². The van der Waals surface area contributed by atoms with Gasteiger partial charge in [-0.05, 0) is 49.9 Å². The predicted octanol–water partition coefficient (Wildman–Crippen LogP) is 3.39. The van der Waals surface area contributed by atoms with Gasteiger partial charge in [-0.3, -0.25) is 4.79 Å². The largest absolute Gasteiger partial charge is 0.425 e. The summed E-state index contributed by atoms with van der Waals surface area (Å²) in [6, 6.07) is 6.35. The van der Waals surface area contributed by atoms with Gasteiger partial charge in [0, 0.05) is 43.6 Å². The lowest BCUT2D eigenvalue weighted by Crippen LogP contribution is -2.38. The normalized spacial score (nSPS) is 19.1. The van der Waals surface area contributed by atoms with Crippen LogP contribution in [0.3, 0.4) is 0 Å². The van der Waals surface area contributed by atoms with E-state index in [0.717, 1.165) is 32.1 Å². The van der Waals surface area contributed by atoms with E-state index in [0.29, 0.717) is 43.5 Å². The summed E-state index contributed by atoms with van der Waals surface area (Å²) < 4.78 is 32.9. The Labute approximate surface area is 183 Å². The topological polar surface area (TPSA) is 96.6 Å².